The summed E-state index contributed by atoms with van der Waals surface area (Å²) in [5.74, 6) is 5.03. The molecule has 4 atom stereocenters. The van der Waals surface area contributed by atoms with Gasteiger partial charge in [-0.2, -0.15) is 0 Å². The number of hydrogen-bond donors (Lipinski definition) is 2. The minimum absolute atomic E-state index is 0.0663. The molecule has 4 nitrogen and oxygen atoms in total. The molecular formula is C36H38N2O2. The lowest BCUT2D eigenvalue weighted by atomic mass is 9.53. The van der Waals surface area contributed by atoms with Crippen molar-refractivity contribution in [2.24, 2.45) is 11.8 Å². The number of ether oxygens (including phenoxy) is 2. The minimum Gasteiger partial charge on any atom is -0.457 e. The van der Waals surface area contributed by atoms with Crippen LogP contribution in [0, 0.1) is 25.7 Å². The van der Waals surface area contributed by atoms with Crippen LogP contribution in [-0.4, -0.2) is 0 Å². The largest absolute Gasteiger partial charge is 0.457 e. The van der Waals surface area contributed by atoms with E-state index in [-0.39, 0.29) is 10.8 Å². The SMILES string of the molecule is Cc1cc(C23CCC(C2)C2CCCC23c2cccc(C)c2Oc2ccc(N)cc2)ccc1Oc1ccc(N)cc1. The summed E-state index contributed by atoms with van der Waals surface area (Å²) >= 11 is 0. The Hall–Kier alpha value is -3.92. The Morgan fingerprint density at radius 1 is 0.725 bits per heavy atom. The predicted octanol–water partition coefficient (Wildman–Crippen LogP) is 8.84. The molecule has 0 spiro atoms. The van der Waals surface area contributed by atoms with Crippen LogP contribution in [0.2, 0.25) is 0 Å². The first-order valence-electron chi connectivity index (χ1n) is 14.7. The fourth-order valence-electron chi connectivity index (χ4n) is 8.73. The van der Waals surface area contributed by atoms with E-state index in [9.17, 15) is 0 Å². The summed E-state index contributed by atoms with van der Waals surface area (Å²) in [5.41, 5.74) is 18.7. The maximum absolute atomic E-state index is 6.73. The Kier molecular flexibility index (Phi) is 5.85. The average molecular weight is 531 g/mol. The quantitative estimate of drug-likeness (QED) is 0.244. The molecule has 7 rings (SSSR count). The van der Waals surface area contributed by atoms with Crippen molar-refractivity contribution >= 4 is 11.4 Å². The number of para-hydroxylation sites is 1. The molecule has 0 saturated heterocycles. The summed E-state index contributed by atoms with van der Waals surface area (Å²) in [6.07, 6.45) is 7.58. The first-order valence-corrected chi connectivity index (χ1v) is 14.7. The summed E-state index contributed by atoms with van der Waals surface area (Å²) in [4.78, 5) is 0. The Labute approximate surface area is 237 Å². The molecule has 0 aromatic heterocycles. The summed E-state index contributed by atoms with van der Waals surface area (Å²) in [7, 11) is 0. The lowest BCUT2D eigenvalue weighted by Crippen LogP contribution is -2.48. The highest BCUT2D eigenvalue weighted by atomic mass is 16.5. The minimum atomic E-state index is 0.0663. The molecule has 3 aliphatic carbocycles. The summed E-state index contributed by atoms with van der Waals surface area (Å²) in [5, 5.41) is 0. The van der Waals surface area contributed by atoms with E-state index < -0.39 is 0 Å². The monoisotopic (exact) mass is 530 g/mol. The van der Waals surface area contributed by atoms with Crippen LogP contribution in [-0.2, 0) is 10.8 Å². The van der Waals surface area contributed by atoms with E-state index in [1.165, 1.54) is 60.8 Å². The van der Waals surface area contributed by atoms with Gasteiger partial charge in [-0.05, 0) is 129 Å². The number of nitrogen functional groups attached to an aromatic ring is 2. The molecule has 40 heavy (non-hydrogen) atoms. The number of benzene rings is 4. The van der Waals surface area contributed by atoms with Gasteiger partial charge in [0.05, 0.1) is 0 Å². The zero-order chi connectivity index (χ0) is 27.5. The van der Waals surface area contributed by atoms with Gasteiger partial charge in [0.25, 0.3) is 0 Å². The summed E-state index contributed by atoms with van der Waals surface area (Å²) in [6, 6.07) is 29.1. The van der Waals surface area contributed by atoms with Crippen LogP contribution < -0.4 is 20.9 Å². The lowest BCUT2D eigenvalue weighted by molar-refractivity contribution is 0.167. The van der Waals surface area contributed by atoms with E-state index in [2.05, 4.69) is 50.2 Å². The van der Waals surface area contributed by atoms with Gasteiger partial charge >= 0.3 is 0 Å². The Bertz CT molecular complexity index is 1560. The van der Waals surface area contributed by atoms with Crippen LogP contribution in [0.3, 0.4) is 0 Å². The molecule has 0 aliphatic heterocycles. The Morgan fingerprint density at radius 3 is 2.12 bits per heavy atom. The first-order chi connectivity index (χ1) is 19.4. The van der Waals surface area contributed by atoms with E-state index in [4.69, 9.17) is 20.9 Å². The molecular weight excluding hydrogens is 492 g/mol. The second-order valence-electron chi connectivity index (χ2n) is 12.3. The standard InChI is InChI=1S/C36H38N2O2/c1-23-5-3-6-32(34(23)40-30-15-11-28(38)12-16-30)36-19-4-7-31(36)25-18-20-35(36,22-25)26-8-17-33(24(2)21-26)39-29-13-9-27(37)10-14-29/h3,5-6,8-17,21,25,31H,4,7,18-20,22,37-38H2,1-2H3. The summed E-state index contributed by atoms with van der Waals surface area (Å²) in [6.45, 7) is 4.36. The van der Waals surface area contributed by atoms with Gasteiger partial charge in [-0.25, -0.2) is 0 Å². The van der Waals surface area contributed by atoms with Gasteiger partial charge in [0.15, 0.2) is 0 Å². The van der Waals surface area contributed by atoms with E-state index in [1.807, 2.05) is 48.5 Å². The average Bonchev–Trinajstić information content (AvgIpc) is 3.66. The highest BCUT2D eigenvalue weighted by Gasteiger charge is 2.69. The third-order valence-electron chi connectivity index (χ3n) is 10.3. The Balaban J connectivity index is 1.32. The van der Waals surface area contributed by atoms with Crippen molar-refractivity contribution in [2.45, 2.75) is 63.2 Å². The zero-order valence-corrected chi connectivity index (χ0v) is 23.5. The number of aryl methyl sites for hydroxylation is 2. The molecule has 0 amide bonds. The van der Waals surface area contributed by atoms with E-state index >= 15 is 0 Å². The lowest BCUT2D eigenvalue weighted by Gasteiger charge is -2.50. The van der Waals surface area contributed by atoms with Gasteiger partial charge in [-0.1, -0.05) is 36.8 Å². The molecule has 4 unspecified atom stereocenters. The molecule has 0 heterocycles. The van der Waals surface area contributed by atoms with Crippen molar-refractivity contribution < 1.29 is 9.47 Å². The van der Waals surface area contributed by atoms with Crippen LogP contribution in [0.1, 0.15) is 60.8 Å². The molecule has 0 radical (unpaired) electrons. The van der Waals surface area contributed by atoms with Gasteiger partial charge in [0.2, 0.25) is 0 Å². The molecule has 3 saturated carbocycles. The van der Waals surface area contributed by atoms with Crippen molar-refractivity contribution in [1.82, 2.24) is 0 Å². The summed E-state index contributed by atoms with van der Waals surface area (Å²) < 4.78 is 13.0. The third-order valence-corrected chi connectivity index (χ3v) is 10.3. The normalized spacial score (nSPS) is 26.6. The fraction of sp³-hybridized carbons (Fsp3) is 0.333. The maximum Gasteiger partial charge on any atom is 0.134 e. The highest BCUT2D eigenvalue weighted by molar-refractivity contribution is 5.56. The molecule has 4 aromatic carbocycles. The molecule has 4 heteroatoms. The van der Waals surface area contributed by atoms with Crippen molar-refractivity contribution in [1.29, 1.82) is 0 Å². The Morgan fingerprint density at radius 2 is 1.43 bits per heavy atom. The number of hydrogen-bond acceptors (Lipinski definition) is 4. The molecule has 3 fully saturated rings. The number of fused-ring (bicyclic) bond motifs is 5. The molecule has 2 bridgehead atoms. The van der Waals surface area contributed by atoms with Crippen molar-refractivity contribution in [3.05, 3.63) is 107 Å². The maximum atomic E-state index is 6.73. The topological polar surface area (TPSA) is 70.5 Å². The van der Waals surface area contributed by atoms with Crippen LogP contribution >= 0.6 is 0 Å². The number of anilines is 2. The molecule has 3 aliphatic rings. The fourth-order valence-corrected chi connectivity index (χ4v) is 8.73. The van der Waals surface area contributed by atoms with E-state index in [0.29, 0.717) is 5.92 Å². The third kappa shape index (κ3) is 3.72. The molecule has 4 N–H and O–H groups in total. The van der Waals surface area contributed by atoms with Crippen molar-refractivity contribution in [3.8, 4) is 23.0 Å². The van der Waals surface area contributed by atoms with Gasteiger partial charge in [-0.3, -0.25) is 0 Å². The van der Waals surface area contributed by atoms with Gasteiger partial charge in [0, 0.05) is 27.8 Å². The smallest absolute Gasteiger partial charge is 0.134 e. The van der Waals surface area contributed by atoms with Crippen LogP contribution in [0.4, 0.5) is 11.4 Å². The van der Waals surface area contributed by atoms with E-state index in [0.717, 1.165) is 40.3 Å². The van der Waals surface area contributed by atoms with Gasteiger partial charge in [0.1, 0.15) is 23.0 Å². The number of nitrogens with two attached hydrogens (primary N) is 2. The molecule has 204 valence electrons. The van der Waals surface area contributed by atoms with Crippen LogP contribution in [0.15, 0.2) is 84.9 Å². The van der Waals surface area contributed by atoms with Gasteiger partial charge in [-0.15, -0.1) is 0 Å². The van der Waals surface area contributed by atoms with Crippen molar-refractivity contribution in [3.63, 3.8) is 0 Å². The van der Waals surface area contributed by atoms with Crippen molar-refractivity contribution in [2.75, 3.05) is 11.5 Å². The predicted molar refractivity (Wildman–Crippen MR) is 162 cm³/mol. The van der Waals surface area contributed by atoms with E-state index in [1.54, 1.807) is 0 Å². The van der Waals surface area contributed by atoms with Crippen LogP contribution in [0.5, 0.6) is 23.0 Å². The molecule has 4 aromatic rings. The van der Waals surface area contributed by atoms with Gasteiger partial charge < -0.3 is 20.9 Å². The van der Waals surface area contributed by atoms with Crippen LogP contribution in [0.25, 0.3) is 0 Å². The number of rotatable bonds is 6. The first kappa shape index (κ1) is 25.1. The highest BCUT2D eigenvalue weighted by Crippen LogP contribution is 2.74. The zero-order valence-electron chi connectivity index (χ0n) is 23.5. The second-order valence-corrected chi connectivity index (χ2v) is 12.3. The second kappa shape index (κ2) is 9.33.